The number of amides is 1. The first-order chi connectivity index (χ1) is 10.0. The summed E-state index contributed by atoms with van der Waals surface area (Å²) in [5.41, 5.74) is 0. The Kier molecular flexibility index (Phi) is 12.0. The molecule has 0 aromatic rings. The van der Waals surface area contributed by atoms with Gasteiger partial charge in [-0.25, -0.2) is 0 Å². The molecule has 124 valence electrons. The quantitative estimate of drug-likeness (QED) is 0.540. The molecule has 0 radical (unpaired) electrons. The number of nitrogens with one attached hydrogen (secondary N) is 1. The van der Waals surface area contributed by atoms with Crippen LogP contribution in [0.2, 0.25) is 0 Å². The Morgan fingerprint density at radius 3 is 1.95 bits per heavy atom. The minimum atomic E-state index is -0.730. The van der Waals surface area contributed by atoms with Gasteiger partial charge in [0.05, 0.1) is 0 Å². The number of carbonyl (C=O) groups is 2. The van der Waals surface area contributed by atoms with Gasteiger partial charge in [0.25, 0.3) is 0 Å². The number of carboxylic acid groups (broad SMARTS) is 1. The van der Waals surface area contributed by atoms with Crippen LogP contribution in [0.25, 0.3) is 0 Å². The summed E-state index contributed by atoms with van der Waals surface area (Å²) in [4.78, 5) is 22.8. The molecule has 0 aromatic heterocycles. The molecule has 1 atom stereocenters. The lowest BCUT2D eigenvalue weighted by Gasteiger charge is -2.18. The van der Waals surface area contributed by atoms with Crippen LogP contribution < -0.4 is 5.32 Å². The van der Waals surface area contributed by atoms with Gasteiger partial charge in [-0.2, -0.15) is 0 Å². The van der Waals surface area contributed by atoms with E-state index in [0.717, 1.165) is 44.9 Å². The fraction of sp³-hybridized carbons (Fsp3) is 0.882. The molecule has 0 aromatic carbocycles. The van der Waals surface area contributed by atoms with Gasteiger partial charge < -0.3 is 10.4 Å². The van der Waals surface area contributed by atoms with Gasteiger partial charge in [0.2, 0.25) is 5.91 Å². The highest BCUT2D eigenvalue weighted by atomic mass is 16.4. The Bertz CT molecular complexity index is 286. The summed E-state index contributed by atoms with van der Waals surface area (Å²) < 4.78 is 0. The predicted octanol–water partition coefficient (Wildman–Crippen LogP) is 3.99. The molecule has 0 spiro atoms. The molecule has 1 amide bonds. The molecular weight excluding hydrogens is 266 g/mol. The molecule has 0 aliphatic heterocycles. The molecule has 21 heavy (non-hydrogen) atoms. The van der Waals surface area contributed by atoms with Crippen molar-refractivity contribution >= 4 is 11.9 Å². The predicted molar refractivity (Wildman–Crippen MR) is 86.2 cm³/mol. The standard InChI is InChI=1S/C17H33NO3/c1-4-7-14(10-11-16(19)20)12-13-18-17(21)15(8-5-2)9-6-3/h14-15H,4-13H2,1-3H3,(H,18,21)(H,19,20). The van der Waals surface area contributed by atoms with Crippen LogP contribution in [-0.2, 0) is 9.59 Å². The van der Waals surface area contributed by atoms with Gasteiger partial charge in [0, 0.05) is 18.9 Å². The van der Waals surface area contributed by atoms with Crippen LogP contribution in [0, 0.1) is 11.8 Å². The van der Waals surface area contributed by atoms with Crippen LogP contribution in [0.15, 0.2) is 0 Å². The van der Waals surface area contributed by atoms with Crippen molar-refractivity contribution in [1.29, 1.82) is 0 Å². The molecule has 0 bridgehead atoms. The van der Waals surface area contributed by atoms with Gasteiger partial charge in [-0.1, -0.05) is 46.5 Å². The average molecular weight is 299 g/mol. The van der Waals surface area contributed by atoms with Crippen LogP contribution in [0.4, 0.5) is 0 Å². The van der Waals surface area contributed by atoms with E-state index in [1.165, 1.54) is 0 Å². The van der Waals surface area contributed by atoms with Crippen molar-refractivity contribution in [3.05, 3.63) is 0 Å². The van der Waals surface area contributed by atoms with Crippen molar-refractivity contribution in [3.8, 4) is 0 Å². The maximum atomic E-state index is 12.1. The van der Waals surface area contributed by atoms with Crippen molar-refractivity contribution in [3.63, 3.8) is 0 Å². The smallest absolute Gasteiger partial charge is 0.303 e. The fourth-order valence-electron chi connectivity index (χ4n) is 2.82. The van der Waals surface area contributed by atoms with Gasteiger partial charge >= 0.3 is 5.97 Å². The van der Waals surface area contributed by atoms with Crippen LogP contribution in [0.1, 0.15) is 78.6 Å². The van der Waals surface area contributed by atoms with E-state index in [1.807, 2.05) is 0 Å². The summed E-state index contributed by atoms with van der Waals surface area (Å²) in [5.74, 6) is -0.0101. The third-order valence-corrected chi connectivity index (χ3v) is 3.96. The minimum absolute atomic E-state index is 0.142. The second-order valence-corrected chi connectivity index (χ2v) is 5.94. The lowest BCUT2D eigenvalue weighted by Crippen LogP contribution is -2.32. The summed E-state index contributed by atoms with van der Waals surface area (Å²) in [6, 6.07) is 0. The summed E-state index contributed by atoms with van der Waals surface area (Å²) in [5, 5.41) is 11.8. The van der Waals surface area contributed by atoms with E-state index in [9.17, 15) is 9.59 Å². The summed E-state index contributed by atoms with van der Waals surface area (Å²) in [7, 11) is 0. The van der Waals surface area contributed by atoms with Crippen LogP contribution in [0.3, 0.4) is 0 Å². The number of carbonyl (C=O) groups excluding carboxylic acids is 1. The molecule has 0 heterocycles. The first-order valence-corrected chi connectivity index (χ1v) is 8.54. The lowest BCUT2D eigenvalue weighted by atomic mass is 9.94. The molecule has 0 aliphatic carbocycles. The Balaban J connectivity index is 4.09. The average Bonchev–Trinajstić information content (AvgIpc) is 2.44. The van der Waals surface area contributed by atoms with Crippen LogP contribution >= 0.6 is 0 Å². The van der Waals surface area contributed by atoms with E-state index in [0.29, 0.717) is 18.9 Å². The molecule has 2 N–H and O–H groups in total. The highest BCUT2D eigenvalue weighted by Crippen LogP contribution is 2.18. The molecule has 0 fully saturated rings. The van der Waals surface area contributed by atoms with Crippen molar-refractivity contribution in [2.75, 3.05) is 6.54 Å². The Hall–Kier alpha value is -1.06. The zero-order valence-electron chi connectivity index (χ0n) is 14.0. The third kappa shape index (κ3) is 10.3. The van der Waals surface area contributed by atoms with Gasteiger partial charge in [0.1, 0.15) is 0 Å². The maximum Gasteiger partial charge on any atom is 0.303 e. The van der Waals surface area contributed by atoms with E-state index >= 15 is 0 Å². The third-order valence-electron chi connectivity index (χ3n) is 3.96. The number of aliphatic carboxylic acids is 1. The number of hydrogen-bond donors (Lipinski definition) is 2. The second kappa shape index (κ2) is 12.7. The Morgan fingerprint density at radius 2 is 1.48 bits per heavy atom. The highest BCUT2D eigenvalue weighted by Gasteiger charge is 2.17. The van der Waals surface area contributed by atoms with Crippen molar-refractivity contribution in [2.45, 2.75) is 78.6 Å². The zero-order chi connectivity index (χ0) is 16.1. The Labute approximate surface area is 129 Å². The van der Waals surface area contributed by atoms with Gasteiger partial charge in [0.15, 0.2) is 0 Å². The largest absolute Gasteiger partial charge is 0.481 e. The molecule has 0 rings (SSSR count). The molecule has 4 nitrogen and oxygen atoms in total. The number of rotatable bonds is 13. The van der Waals surface area contributed by atoms with Gasteiger partial charge in [-0.05, 0) is 31.6 Å². The maximum absolute atomic E-state index is 12.1. The van der Waals surface area contributed by atoms with E-state index in [4.69, 9.17) is 5.11 Å². The molecule has 0 saturated heterocycles. The van der Waals surface area contributed by atoms with Crippen molar-refractivity contribution < 1.29 is 14.7 Å². The topological polar surface area (TPSA) is 66.4 Å². The monoisotopic (exact) mass is 299 g/mol. The van der Waals surface area contributed by atoms with Crippen LogP contribution in [0.5, 0.6) is 0 Å². The van der Waals surface area contributed by atoms with E-state index in [2.05, 4.69) is 26.1 Å². The van der Waals surface area contributed by atoms with E-state index < -0.39 is 5.97 Å². The molecule has 0 aliphatic rings. The summed E-state index contributed by atoms with van der Waals surface area (Å²) in [6.07, 6.45) is 7.92. The van der Waals surface area contributed by atoms with E-state index in [-0.39, 0.29) is 18.2 Å². The van der Waals surface area contributed by atoms with E-state index in [1.54, 1.807) is 0 Å². The molecule has 0 saturated carbocycles. The summed E-state index contributed by atoms with van der Waals surface area (Å²) >= 11 is 0. The number of carboxylic acids is 1. The number of hydrogen-bond acceptors (Lipinski definition) is 2. The first-order valence-electron chi connectivity index (χ1n) is 8.54. The van der Waals surface area contributed by atoms with Gasteiger partial charge in [-0.15, -0.1) is 0 Å². The molecular formula is C17H33NO3. The highest BCUT2D eigenvalue weighted by molar-refractivity contribution is 5.78. The fourth-order valence-corrected chi connectivity index (χ4v) is 2.82. The zero-order valence-corrected chi connectivity index (χ0v) is 14.0. The second-order valence-electron chi connectivity index (χ2n) is 5.94. The minimum Gasteiger partial charge on any atom is -0.481 e. The van der Waals surface area contributed by atoms with Gasteiger partial charge in [-0.3, -0.25) is 9.59 Å². The SMILES string of the molecule is CCCC(CCNC(=O)C(CCC)CCC)CCC(=O)O. The molecule has 1 unspecified atom stereocenters. The summed E-state index contributed by atoms with van der Waals surface area (Å²) in [6.45, 7) is 7.01. The van der Waals surface area contributed by atoms with Crippen molar-refractivity contribution in [1.82, 2.24) is 5.32 Å². The lowest BCUT2D eigenvalue weighted by molar-refractivity contribution is -0.137. The van der Waals surface area contributed by atoms with Crippen LogP contribution in [-0.4, -0.2) is 23.5 Å². The first kappa shape index (κ1) is 19.9. The Morgan fingerprint density at radius 1 is 0.905 bits per heavy atom. The van der Waals surface area contributed by atoms with Crippen molar-refractivity contribution in [2.24, 2.45) is 11.8 Å². The molecule has 4 heteroatoms. The normalized spacial score (nSPS) is 12.4.